The first-order chi connectivity index (χ1) is 16.1. The number of aliphatic hydroxyl groups is 1. The molecule has 35 heavy (non-hydrogen) atoms. The molecule has 0 amide bonds. The number of esters is 2. The Bertz CT molecular complexity index is 988. The zero-order chi connectivity index (χ0) is 26.0. The smallest absolute Gasteiger partial charge is 0.458 e. The van der Waals surface area contributed by atoms with Gasteiger partial charge in [0.15, 0.2) is 12.4 Å². The van der Waals surface area contributed by atoms with Crippen molar-refractivity contribution in [2.75, 3.05) is 6.61 Å². The fourth-order valence-corrected chi connectivity index (χ4v) is 7.72. The van der Waals surface area contributed by atoms with Crippen molar-refractivity contribution in [2.45, 2.75) is 83.6 Å². The highest BCUT2D eigenvalue weighted by atomic mass is 19.4. The van der Waals surface area contributed by atoms with E-state index in [1.807, 2.05) is 6.92 Å². The van der Waals surface area contributed by atoms with Crippen molar-refractivity contribution in [3.05, 3.63) is 11.6 Å². The Hall–Kier alpha value is -2.23. The topological polar surface area (TPSA) is 107 Å². The summed E-state index contributed by atoms with van der Waals surface area (Å²) in [5.74, 6) is -4.63. The Balaban J connectivity index is 1.75. The van der Waals surface area contributed by atoms with Crippen LogP contribution < -0.4 is 0 Å². The maximum atomic E-state index is 13.2. The van der Waals surface area contributed by atoms with Gasteiger partial charge in [-0.3, -0.25) is 14.4 Å². The van der Waals surface area contributed by atoms with E-state index >= 15 is 0 Å². The second-order valence-corrected chi connectivity index (χ2v) is 11.1. The molecule has 0 aromatic carbocycles. The summed E-state index contributed by atoms with van der Waals surface area (Å²) in [7, 11) is 0. The van der Waals surface area contributed by atoms with Gasteiger partial charge in [0.05, 0.1) is 0 Å². The molecule has 194 valence electrons. The predicted molar refractivity (Wildman–Crippen MR) is 115 cm³/mol. The van der Waals surface area contributed by atoms with E-state index in [9.17, 15) is 37.5 Å². The van der Waals surface area contributed by atoms with Gasteiger partial charge in [-0.1, -0.05) is 19.4 Å². The lowest BCUT2D eigenvalue weighted by molar-refractivity contribution is -0.226. The lowest BCUT2D eigenvalue weighted by Gasteiger charge is -2.60. The molecule has 0 aromatic heterocycles. The number of alkyl halides is 3. The van der Waals surface area contributed by atoms with Crippen molar-refractivity contribution in [1.82, 2.24) is 0 Å². The molecule has 4 rings (SSSR count). The zero-order valence-electron chi connectivity index (χ0n) is 20.1. The van der Waals surface area contributed by atoms with Gasteiger partial charge in [0.25, 0.3) is 0 Å². The highest BCUT2D eigenvalue weighted by molar-refractivity contribution is 5.92. The van der Waals surface area contributed by atoms with Gasteiger partial charge in [0.1, 0.15) is 11.7 Å². The molecule has 10 heteroatoms. The molecule has 0 aliphatic heterocycles. The average Bonchev–Trinajstić information content (AvgIpc) is 3.03. The summed E-state index contributed by atoms with van der Waals surface area (Å²) in [6.07, 6.45) is -2.57. The van der Waals surface area contributed by atoms with Crippen molar-refractivity contribution in [3.63, 3.8) is 0 Å². The van der Waals surface area contributed by atoms with E-state index in [4.69, 9.17) is 9.47 Å². The number of carbonyl (C=O) groups excluding carboxylic acids is 4. The van der Waals surface area contributed by atoms with Crippen LogP contribution in [0.3, 0.4) is 0 Å². The average molecular weight is 501 g/mol. The first kappa shape index (κ1) is 25.9. The van der Waals surface area contributed by atoms with Gasteiger partial charge in [-0.15, -0.1) is 0 Å². The number of hydrogen-bond donors (Lipinski definition) is 1. The Morgan fingerprint density at radius 3 is 2.46 bits per heavy atom. The third-order valence-corrected chi connectivity index (χ3v) is 9.38. The van der Waals surface area contributed by atoms with Crippen LogP contribution in [-0.2, 0) is 28.7 Å². The molecule has 0 bridgehead atoms. The second kappa shape index (κ2) is 8.42. The Morgan fingerprint density at radius 1 is 1.14 bits per heavy atom. The molecule has 0 heterocycles. The summed E-state index contributed by atoms with van der Waals surface area (Å²) < 4.78 is 49.7. The number of rotatable bonds is 4. The summed E-state index contributed by atoms with van der Waals surface area (Å²) in [5.41, 5.74) is -2.87. The molecule has 0 saturated heterocycles. The molecular formula is C25H31F3O7. The number of allylic oxidation sites excluding steroid dienone is 1. The van der Waals surface area contributed by atoms with Crippen molar-refractivity contribution < 1.29 is 46.9 Å². The molecule has 3 fully saturated rings. The number of Topliss-reactive ketones (excluding diaryl/α,β-unsaturated/α-hetero) is 1. The fourth-order valence-electron chi connectivity index (χ4n) is 7.72. The summed E-state index contributed by atoms with van der Waals surface area (Å²) in [6, 6.07) is 0. The minimum Gasteiger partial charge on any atom is -0.458 e. The highest BCUT2D eigenvalue weighted by Gasteiger charge is 2.69. The van der Waals surface area contributed by atoms with E-state index < -0.39 is 59.0 Å². The minimum absolute atomic E-state index is 0.0216. The van der Waals surface area contributed by atoms with Gasteiger partial charge in [0.2, 0.25) is 5.78 Å². The van der Waals surface area contributed by atoms with Crippen LogP contribution in [0.25, 0.3) is 0 Å². The Labute approximate surface area is 201 Å². The molecule has 0 unspecified atom stereocenters. The van der Waals surface area contributed by atoms with Crippen LogP contribution in [0.2, 0.25) is 0 Å². The molecule has 3 saturated carbocycles. The molecule has 4 aliphatic rings. The maximum absolute atomic E-state index is 13.2. The first-order valence-corrected chi connectivity index (χ1v) is 12.0. The van der Waals surface area contributed by atoms with E-state index in [2.05, 4.69) is 0 Å². The van der Waals surface area contributed by atoms with E-state index in [1.165, 1.54) is 0 Å². The summed E-state index contributed by atoms with van der Waals surface area (Å²) in [5, 5.41) is 11.6. The van der Waals surface area contributed by atoms with Crippen LogP contribution in [-0.4, -0.2) is 53.1 Å². The van der Waals surface area contributed by atoms with E-state index in [1.54, 1.807) is 13.0 Å². The molecule has 0 radical (unpaired) electrons. The minimum atomic E-state index is -5.19. The quantitative estimate of drug-likeness (QED) is 0.589. The van der Waals surface area contributed by atoms with Crippen LogP contribution in [0.4, 0.5) is 13.2 Å². The molecule has 7 atom stereocenters. The number of carbonyl (C=O) groups is 4. The molecule has 0 aromatic rings. The van der Waals surface area contributed by atoms with Crippen LogP contribution in [0.15, 0.2) is 11.6 Å². The van der Waals surface area contributed by atoms with Gasteiger partial charge in [-0.05, 0) is 61.9 Å². The fraction of sp³-hybridized carbons (Fsp3) is 0.760. The molecule has 0 spiro atoms. The molecule has 1 N–H and O–H groups in total. The van der Waals surface area contributed by atoms with Gasteiger partial charge in [0, 0.05) is 24.7 Å². The number of ether oxygens (including phenoxy) is 2. The lowest BCUT2D eigenvalue weighted by atomic mass is 9.45. The summed E-state index contributed by atoms with van der Waals surface area (Å²) >= 11 is 0. The molecule has 4 aliphatic carbocycles. The third kappa shape index (κ3) is 4.01. The van der Waals surface area contributed by atoms with Gasteiger partial charge >= 0.3 is 18.1 Å². The second-order valence-electron chi connectivity index (χ2n) is 11.1. The van der Waals surface area contributed by atoms with Gasteiger partial charge in [-0.2, -0.15) is 13.2 Å². The van der Waals surface area contributed by atoms with Crippen molar-refractivity contribution in [1.29, 1.82) is 0 Å². The van der Waals surface area contributed by atoms with E-state index in [0.29, 0.717) is 25.7 Å². The van der Waals surface area contributed by atoms with Gasteiger partial charge < -0.3 is 14.6 Å². The number of ketones is 2. The van der Waals surface area contributed by atoms with Crippen molar-refractivity contribution >= 4 is 23.5 Å². The van der Waals surface area contributed by atoms with E-state index in [-0.39, 0.29) is 36.9 Å². The van der Waals surface area contributed by atoms with Gasteiger partial charge in [-0.25, -0.2) is 4.79 Å². The first-order valence-electron chi connectivity index (χ1n) is 12.0. The van der Waals surface area contributed by atoms with Crippen LogP contribution in [0.1, 0.15) is 65.7 Å². The Kier molecular flexibility index (Phi) is 6.22. The monoisotopic (exact) mass is 500 g/mol. The standard InChI is InChI=1S/C25H31F3O7/c1-13(29)34-12-19(31)24(33)9-7-17-16-5-4-14-10-15(30)6-8-22(14,2)20(16)18(11-23(17,24)3)35-21(32)25(26,27)28/h10,16-18,20,33H,4-9,11-12H2,1-3H3/t16-,17-,18+,20+,22-,23-,24+/m0/s1. The number of hydrogen-bond acceptors (Lipinski definition) is 7. The zero-order valence-corrected chi connectivity index (χ0v) is 20.1. The predicted octanol–water partition coefficient (Wildman–Crippen LogP) is 3.47. The Morgan fingerprint density at radius 2 is 1.83 bits per heavy atom. The van der Waals surface area contributed by atoms with Crippen molar-refractivity contribution in [2.24, 2.45) is 28.6 Å². The lowest BCUT2D eigenvalue weighted by Crippen LogP contribution is -2.63. The summed E-state index contributed by atoms with van der Waals surface area (Å²) in [6.45, 7) is 4.09. The SMILES string of the molecule is CC(=O)OCC(=O)[C@]1(O)CC[C@H]2[C@@H]3CCC4=CC(=O)CC[C@]4(C)[C@H]3[C@H](OC(=O)C(F)(F)F)C[C@@]21C. The van der Waals surface area contributed by atoms with Crippen LogP contribution in [0, 0.1) is 28.6 Å². The number of fused-ring (bicyclic) bond motifs is 5. The largest absolute Gasteiger partial charge is 0.490 e. The van der Waals surface area contributed by atoms with Crippen LogP contribution >= 0.6 is 0 Å². The highest BCUT2D eigenvalue weighted by Crippen LogP contribution is 2.68. The normalized spacial score (nSPS) is 40.7. The number of halogens is 3. The van der Waals surface area contributed by atoms with Crippen LogP contribution in [0.5, 0.6) is 0 Å². The van der Waals surface area contributed by atoms with E-state index in [0.717, 1.165) is 12.5 Å². The van der Waals surface area contributed by atoms with Crippen molar-refractivity contribution in [3.8, 4) is 0 Å². The molecular weight excluding hydrogens is 469 g/mol. The third-order valence-electron chi connectivity index (χ3n) is 9.38. The summed E-state index contributed by atoms with van der Waals surface area (Å²) in [4.78, 5) is 48.4. The maximum Gasteiger partial charge on any atom is 0.490 e. The molecule has 7 nitrogen and oxygen atoms in total.